The van der Waals surface area contributed by atoms with E-state index in [0.717, 1.165) is 0 Å². The summed E-state index contributed by atoms with van der Waals surface area (Å²) in [6.07, 6.45) is 1.33. The van der Waals surface area contributed by atoms with Gasteiger partial charge >= 0.3 is 12.0 Å². The molecule has 2 N–H and O–H groups in total. The largest absolute Gasteiger partial charge is 0.480 e. The lowest BCUT2D eigenvalue weighted by atomic mass is 10.5. The molecule has 7 heteroatoms. The zero-order valence-corrected chi connectivity index (χ0v) is 8.08. The maximum Gasteiger partial charge on any atom is 0.322 e. The number of ether oxygens (including phenoxy) is 1. The van der Waals surface area contributed by atoms with Crippen LogP contribution in [0.25, 0.3) is 0 Å². The third-order valence-electron chi connectivity index (χ3n) is 1.31. The van der Waals surface area contributed by atoms with Crippen molar-refractivity contribution in [2.24, 2.45) is 0 Å². The lowest BCUT2D eigenvalue weighted by molar-refractivity contribution is -0.134. The van der Waals surface area contributed by atoms with Gasteiger partial charge in [0, 0.05) is 0 Å². The molecule has 0 aliphatic heterocycles. The van der Waals surface area contributed by atoms with Crippen LogP contribution in [0.5, 0.6) is 6.01 Å². The first-order chi connectivity index (χ1) is 6.63. The standard InChI is InChI=1S/C7H8ClN3O3/c1-14-7-10-2-4(8)6(11-7)9-3-5(12)13/h2H,3H2,1H3,(H,12,13)(H,9,10,11). The number of hydrogen-bond acceptors (Lipinski definition) is 5. The van der Waals surface area contributed by atoms with Gasteiger partial charge in [0.25, 0.3) is 0 Å². The first-order valence-corrected chi connectivity index (χ1v) is 4.03. The molecular formula is C7H8ClN3O3. The van der Waals surface area contributed by atoms with Crippen LogP contribution in [0.1, 0.15) is 0 Å². The van der Waals surface area contributed by atoms with E-state index in [4.69, 9.17) is 21.4 Å². The lowest BCUT2D eigenvalue weighted by Crippen LogP contribution is -2.13. The van der Waals surface area contributed by atoms with Crippen molar-refractivity contribution >= 4 is 23.4 Å². The Morgan fingerprint density at radius 3 is 3.07 bits per heavy atom. The van der Waals surface area contributed by atoms with E-state index in [2.05, 4.69) is 15.3 Å². The van der Waals surface area contributed by atoms with Gasteiger partial charge in [-0.2, -0.15) is 4.98 Å². The van der Waals surface area contributed by atoms with Crippen molar-refractivity contribution in [3.8, 4) is 6.01 Å². The number of hydrogen-bond donors (Lipinski definition) is 2. The van der Waals surface area contributed by atoms with E-state index in [1.165, 1.54) is 13.3 Å². The summed E-state index contributed by atoms with van der Waals surface area (Å²) >= 11 is 5.70. The summed E-state index contributed by atoms with van der Waals surface area (Å²) < 4.78 is 4.75. The SMILES string of the molecule is COc1ncc(Cl)c(NCC(=O)O)n1. The molecule has 0 fully saturated rings. The van der Waals surface area contributed by atoms with Crippen LogP contribution in [0.2, 0.25) is 5.02 Å². The second kappa shape index (κ2) is 4.61. The Hall–Kier alpha value is -1.56. The first-order valence-electron chi connectivity index (χ1n) is 3.65. The van der Waals surface area contributed by atoms with E-state index in [0.29, 0.717) is 0 Å². The van der Waals surface area contributed by atoms with Gasteiger partial charge in [-0.25, -0.2) is 4.98 Å². The third-order valence-corrected chi connectivity index (χ3v) is 1.59. The molecule has 1 heterocycles. The maximum atomic E-state index is 10.3. The molecule has 0 aliphatic carbocycles. The van der Waals surface area contributed by atoms with Crippen molar-refractivity contribution in [1.82, 2.24) is 9.97 Å². The molecule has 0 unspecified atom stereocenters. The molecule has 1 aromatic heterocycles. The number of carboxylic acids is 1. The van der Waals surface area contributed by atoms with Crippen LogP contribution in [0.3, 0.4) is 0 Å². The van der Waals surface area contributed by atoms with Gasteiger partial charge in [-0.15, -0.1) is 0 Å². The Morgan fingerprint density at radius 1 is 1.79 bits per heavy atom. The summed E-state index contributed by atoms with van der Waals surface area (Å²) in [7, 11) is 1.41. The summed E-state index contributed by atoms with van der Waals surface area (Å²) in [6.45, 7) is -0.264. The Labute approximate surface area is 84.9 Å². The Bertz CT molecular complexity index is 345. The highest BCUT2D eigenvalue weighted by Crippen LogP contribution is 2.19. The van der Waals surface area contributed by atoms with Gasteiger partial charge in [-0.05, 0) is 0 Å². The minimum absolute atomic E-state index is 0.127. The van der Waals surface area contributed by atoms with E-state index < -0.39 is 5.97 Å². The molecule has 0 aliphatic rings. The predicted molar refractivity (Wildman–Crippen MR) is 49.7 cm³/mol. The van der Waals surface area contributed by atoms with Crippen molar-refractivity contribution in [2.75, 3.05) is 19.0 Å². The highest BCUT2D eigenvalue weighted by atomic mass is 35.5. The summed E-state index contributed by atoms with van der Waals surface area (Å²) in [5.74, 6) is -0.764. The average molecular weight is 218 g/mol. The molecule has 0 spiro atoms. The van der Waals surface area contributed by atoms with Gasteiger partial charge in [0.15, 0.2) is 5.82 Å². The summed E-state index contributed by atoms with van der Waals surface area (Å²) in [6, 6.07) is 0.127. The van der Waals surface area contributed by atoms with Crippen LogP contribution in [-0.2, 0) is 4.79 Å². The van der Waals surface area contributed by atoms with Gasteiger partial charge in [0.2, 0.25) is 0 Å². The molecule has 0 atom stereocenters. The Balaban J connectivity index is 2.78. The summed E-state index contributed by atoms with van der Waals surface area (Å²) in [5.41, 5.74) is 0. The lowest BCUT2D eigenvalue weighted by Gasteiger charge is -2.05. The number of rotatable bonds is 4. The molecule has 0 radical (unpaired) electrons. The van der Waals surface area contributed by atoms with E-state index >= 15 is 0 Å². The zero-order chi connectivity index (χ0) is 10.6. The van der Waals surface area contributed by atoms with Crippen molar-refractivity contribution in [3.05, 3.63) is 11.2 Å². The highest BCUT2D eigenvalue weighted by Gasteiger charge is 2.06. The fourth-order valence-corrected chi connectivity index (χ4v) is 0.890. The molecule has 0 aromatic carbocycles. The van der Waals surface area contributed by atoms with Crippen molar-refractivity contribution in [3.63, 3.8) is 0 Å². The molecule has 6 nitrogen and oxygen atoms in total. The van der Waals surface area contributed by atoms with Gasteiger partial charge in [0.1, 0.15) is 11.6 Å². The Kier molecular flexibility index (Phi) is 3.47. The molecule has 1 aromatic rings. The zero-order valence-electron chi connectivity index (χ0n) is 7.32. The second-order valence-electron chi connectivity index (χ2n) is 2.30. The van der Waals surface area contributed by atoms with Crippen LogP contribution in [-0.4, -0.2) is 34.7 Å². The fraction of sp³-hybridized carbons (Fsp3) is 0.286. The van der Waals surface area contributed by atoms with Gasteiger partial charge in [0.05, 0.1) is 13.3 Å². The molecule has 0 bridgehead atoms. The minimum atomic E-state index is -1.00. The quantitative estimate of drug-likeness (QED) is 0.770. The summed E-state index contributed by atoms with van der Waals surface area (Å²) in [4.78, 5) is 17.8. The number of anilines is 1. The fourth-order valence-electron chi connectivity index (χ4n) is 0.733. The van der Waals surface area contributed by atoms with Crippen molar-refractivity contribution in [1.29, 1.82) is 0 Å². The van der Waals surface area contributed by atoms with Gasteiger partial charge in [-0.3, -0.25) is 4.79 Å². The number of nitrogens with zero attached hydrogens (tertiary/aromatic N) is 2. The molecule has 76 valence electrons. The van der Waals surface area contributed by atoms with Gasteiger partial charge in [-0.1, -0.05) is 11.6 Å². The number of carbonyl (C=O) groups is 1. The monoisotopic (exact) mass is 217 g/mol. The van der Waals surface area contributed by atoms with Crippen LogP contribution in [0.15, 0.2) is 6.20 Å². The predicted octanol–water partition coefficient (Wildman–Crippen LogP) is 0.635. The van der Waals surface area contributed by atoms with Crippen LogP contribution < -0.4 is 10.1 Å². The second-order valence-corrected chi connectivity index (χ2v) is 2.71. The molecule has 1 rings (SSSR count). The maximum absolute atomic E-state index is 10.3. The number of aromatic nitrogens is 2. The van der Waals surface area contributed by atoms with E-state index in [-0.39, 0.29) is 23.4 Å². The van der Waals surface area contributed by atoms with Gasteiger partial charge < -0.3 is 15.2 Å². The van der Waals surface area contributed by atoms with E-state index in [1.54, 1.807) is 0 Å². The van der Waals surface area contributed by atoms with Crippen molar-refractivity contribution in [2.45, 2.75) is 0 Å². The topological polar surface area (TPSA) is 84.3 Å². The highest BCUT2D eigenvalue weighted by molar-refractivity contribution is 6.32. The third kappa shape index (κ3) is 2.74. The number of methoxy groups -OCH3 is 1. The van der Waals surface area contributed by atoms with E-state index in [9.17, 15) is 4.79 Å². The van der Waals surface area contributed by atoms with Crippen LogP contribution in [0, 0.1) is 0 Å². The molecule has 14 heavy (non-hydrogen) atoms. The minimum Gasteiger partial charge on any atom is -0.480 e. The summed E-state index contributed by atoms with van der Waals surface area (Å²) in [5, 5.41) is 11.2. The average Bonchev–Trinajstić information content (AvgIpc) is 2.16. The Morgan fingerprint density at radius 2 is 2.50 bits per heavy atom. The molecule has 0 amide bonds. The normalized spacial score (nSPS) is 9.57. The molecule has 0 saturated carbocycles. The van der Waals surface area contributed by atoms with E-state index in [1.807, 2.05) is 0 Å². The number of halogens is 1. The smallest absolute Gasteiger partial charge is 0.322 e. The van der Waals surface area contributed by atoms with Crippen LogP contribution >= 0.6 is 11.6 Å². The molecular weight excluding hydrogens is 210 g/mol. The molecule has 0 saturated heterocycles. The van der Waals surface area contributed by atoms with Crippen molar-refractivity contribution < 1.29 is 14.6 Å². The number of carboxylic acid groups (broad SMARTS) is 1. The first kappa shape index (κ1) is 10.5. The number of aliphatic carboxylic acids is 1. The number of nitrogens with one attached hydrogen (secondary N) is 1. The van der Waals surface area contributed by atoms with Crippen LogP contribution in [0.4, 0.5) is 5.82 Å².